The van der Waals surface area contributed by atoms with Crippen LogP contribution in [-0.4, -0.2) is 28.4 Å². The SMILES string of the molecule is COc1ccc(C)cc1CCNS(=O)(=O)c1ccccc1OC(F)(F)F. The first-order valence-electron chi connectivity index (χ1n) is 7.60. The monoisotopic (exact) mass is 389 g/mol. The molecule has 5 nitrogen and oxygen atoms in total. The van der Waals surface area contributed by atoms with E-state index in [2.05, 4.69) is 9.46 Å². The van der Waals surface area contributed by atoms with Gasteiger partial charge in [0.1, 0.15) is 16.4 Å². The number of sulfonamides is 1. The summed E-state index contributed by atoms with van der Waals surface area (Å²) in [6.07, 6.45) is -4.67. The smallest absolute Gasteiger partial charge is 0.496 e. The number of para-hydroxylation sites is 1. The Kier molecular flexibility index (Phi) is 6.14. The summed E-state index contributed by atoms with van der Waals surface area (Å²) in [5, 5.41) is 0. The molecule has 9 heteroatoms. The average molecular weight is 389 g/mol. The zero-order valence-corrected chi connectivity index (χ0v) is 14.9. The normalized spacial score (nSPS) is 12.0. The number of alkyl halides is 3. The third kappa shape index (κ3) is 5.37. The second-order valence-corrected chi connectivity index (χ2v) is 7.19. The molecule has 0 aliphatic heterocycles. The van der Waals surface area contributed by atoms with Gasteiger partial charge in [0, 0.05) is 6.54 Å². The van der Waals surface area contributed by atoms with Gasteiger partial charge >= 0.3 is 6.36 Å². The van der Waals surface area contributed by atoms with Gasteiger partial charge in [-0.25, -0.2) is 13.1 Å². The van der Waals surface area contributed by atoms with Crippen LogP contribution in [0.15, 0.2) is 47.4 Å². The Hall–Kier alpha value is -2.26. The highest BCUT2D eigenvalue weighted by molar-refractivity contribution is 7.89. The van der Waals surface area contributed by atoms with Gasteiger partial charge in [0.25, 0.3) is 0 Å². The molecule has 0 spiro atoms. The van der Waals surface area contributed by atoms with Crippen LogP contribution in [0.2, 0.25) is 0 Å². The summed E-state index contributed by atoms with van der Waals surface area (Å²) < 4.78 is 73.4. The molecule has 142 valence electrons. The molecular formula is C17H18F3NO4S. The molecule has 2 aromatic carbocycles. The maximum atomic E-state index is 12.5. The lowest BCUT2D eigenvalue weighted by Gasteiger charge is -2.14. The number of halogens is 3. The van der Waals surface area contributed by atoms with Crippen molar-refractivity contribution in [2.45, 2.75) is 24.6 Å². The van der Waals surface area contributed by atoms with Gasteiger partial charge in [-0.1, -0.05) is 29.8 Å². The van der Waals surface area contributed by atoms with Crippen LogP contribution in [-0.2, 0) is 16.4 Å². The van der Waals surface area contributed by atoms with Crippen LogP contribution >= 0.6 is 0 Å². The van der Waals surface area contributed by atoms with Gasteiger partial charge in [-0.15, -0.1) is 13.2 Å². The topological polar surface area (TPSA) is 64.6 Å². The summed E-state index contributed by atoms with van der Waals surface area (Å²) >= 11 is 0. The number of hydrogen-bond donors (Lipinski definition) is 1. The molecule has 2 aromatic rings. The van der Waals surface area contributed by atoms with Crippen molar-refractivity contribution >= 4 is 10.0 Å². The summed E-state index contributed by atoms with van der Waals surface area (Å²) in [4.78, 5) is -0.575. The van der Waals surface area contributed by atoms with Crippen molar-refractivity contribution in [3.05, 3.63) is 53.6 Å². The predicted octanol–water partition coefficient (Wildman–Crippen LogP) is 3.42. The molecule has 0 amide bonds. The average Bonchev–Trinajstić information content (AvgIpc) is 2.54. The van der Waals surface area contributed by atoms with Crippen LogP contribution in [0, 0.1) is 6.92 Å². The van der Waals surface area contributed by atoms with E-state index in [-0.39, 0.29) is 6.54 Å². The quantitative estimate of drug-likeness (QED) is 0.788. The van der Waals surface area contributed by atoms with E-state index in [4.69, 9.17) is 4.74 Å². The number of rotatable bonds is 7. The molecule has 0 unspecified atom stereocenters. The third-order valence-electron chi connectivity index (χ3n) is 3.49. The lowest BCUT2D eigenvalue weighted by atomic mass is 10.1. The van der Waals surface area contributed by atoms with Crippen LogP contribution in [0.4, 0.5) is 13.2 Å². The van der Waals surface area contributed by atoms with Gasteiger partial charge in [-0.3, -0.25) is 0 Å². The highest BCUT2D eigenvalue weighted by Crippen LogP contribution is 2.29. The summed E-state index contributed by atoms with van der Waals surface area (Å²) in [5.41, 5.74) is 1.77. The van der Waals surface area contributed by atoms with E-state index < -0.39 is 27.0 Å². The minimum absolute atomic E-state index is 0.0114. The summed E-state index contributed by atoms with van der Waals surface area (Å²) in [7, 11) is -2.68. The maximum absolute atomic E-state index is 12.5. The van der Waals surface area contributed by atoms with E-state index in [1.165, 1.54) is 19.2 Å². The molecule has 2 rings (SSSR count). The van der Waals surface area contributed by atoms with Crippen LogP contribution in [0.1, 0.15) is 11.1 Å². The molecule has 0 bridgehead atoms. The van der Waals surface area contributed by atoms with E-state index in [0.717, 1.165) is 23.3 Å². The van der Waals surface area contributed by atoms with E-state index in [1.54, 1.807) is 6.07 Å². The molecule has 26 heavy (non-hydrogen) atoms. The number of hydrogen-bond acceptors (Lipinski definition) is 4. The second kappa shape index (κ2) is 7.96. The molecule has 0 aliphatic carbocycles. The molecular weight excluding hydrogens is 371 g/mol. The van der Waals surface area contributed by atoms with Crippen molar-refractivity contribution in [1.29, 1.82) is 0 Å². The lowest BCUT2D eigenvalue weighted by Crippen LogP contribution is -2.27. The van der Waals surface area contributed by atoms with Crippen LogP contribution in [0.3, 0.4) is 0 Å². The Morgan fingerprint density at radius 3 is 2.42 bits per heavy atom. The fraction of sp³-hybridized carbons (Fsp3) is 0.294. The Bertz CT molecular complexity index is 867. The van der Waals surface area contributed by atoms with Crippen molar-refractivity contribution in [2.75, 3.05) is 13.7 Å². The molecule has 0 radical (unpaired) electrons. The number of ether oxygens (including phenoxy) is 2. The maximum Gasteiger partial charge on any atom is 0.573 e. The first-order chi connectivity index (χ1) is 12.1. The zero-order chi connectivity index (χ0) is 19.4. The van der Waals surface area contributed by atoms with Gasteiger partial charge in [0.2, 0.25) is 10.0 Å². The second-order valence-electron chi connectivity index (χ2n) is 5.46. The summed E-state index contributed by atoms with van der Waals surface area (Å²) in [6, 6.07) is 10.1. The van der Waals surface area contributed by atoms with E-state index in [9.17, 15) is 21.6 Å². The molecule has 0 saturated carbocycles. The summed E-state index contributed by atoms with van der Waals surface area (Å²) in [5.74, 6) is -0.170. The Morgan fingerprint density at radius 2 is 1.77 bits per heavy atom. The van der Waals surface area contributed by atoms with Crippen molar-refractivity contribution < 1.29 is 31.1 Å². The number of benzene rings is 2. The van der Waals surface area contributed by atoms with E-state index in [0.29, 0.717) is 12.2 Å². The molecule has 0 aliphatic rings. The van der Waals surface area contributed by atoms with Crippen molar-refractivity contribution in [2.24, 2.45) is 0 Å². The first kappa shape index (κ1) is 20.1. The first-order valence-corrected chi connectivity index (χ1v) is 9.08. The minimum Gasteiger partial charge on any atom is -0.496 e. The molecule has 0 fully saturated rings. The van der Waals surface area contributed by atoms with Gasteiger partial charge in [-0.2, -0.15) is 0 Å². The zero-order valence-electron chi connectivity index (χ0n) is 14.1. The fourth-order valence-electron chi connectivity index (χ4n) is 2.38. The fourth-order valence-corrected chi connectivity index (χ4v) is 3.54. The molecule has 0 heterocycles. The van der Waals surface area contributed by atoms with Gasteiger partial charge < -0.3 is 9.47 Å². The van der Waals surface area contributed by atoms with Gasteiger partial charge in [0.15, 0.2) is 0 Å². The summed E-state index contributed by atoms with van der Waals surface area (Å²) in [6.45, 7) is 1.88. The Labute approximate surface area is 149 Å². The molecule has 0 aromatic heterocycles. The van der Waals surface area contributed by atoms with Gasteiger partial charge in [0.05, 0.1) is 7.11 Å². The van der Waals surface area contributed by atoms with Crippen LogP contribution in [0.25, 0.3) is 0 Å². The Balaban J connectivity index is 2.14. The van der Waals surface area contributed by atoms with Crippen molar-refractivity contribution in [1.82, 2.24) is 4.72 Å². The van der Waals surface area contributed by atoms with Crippen LogP contribution < -0.4 is 14.2 Å². The minimum atomic E-state index is -4.99. The molecule has 0 saturated heterocycles. The van der Waals surface area contributed by atoms with Crippen molar-refractivity contribution in [3.8, 4) is 11.5 Å². The molecule has 0 atom stereocenters. The predicted molar refractivity (Wildman–Crippen MR) is 89.7 cm³/mol. The number of methoxy groups -OCH3 is 1. The largest absolute Gasteiger partial charge is 0.573 e. The van der Waals surface area contributed by atoms with Crippen LogP contribution in [0.5, 0.6) is 11.5 Å². The number of aryl methyl sites for hydroxylation is 1. The number of nitrogens with one attached hydrogen (secondary N) is 1. The third-order valence-corrected chi connectivity index (χ3v) is 4.99. The van der Waals surface area contributed by atoms with E-state index >= 15 is 0 Å². The highest BCUT2D eigenvalue weighted by atomic mass is 32.2. The van der Waals surface area contributed by atoms with E-state index in [1.807, 2.05) is 19.1 Å². The lowest BCUT2D eigenvalue weighted by molar-refractivity contribution is -0.275. The van der Waals surface area contributed by atoms with Gasteiger partial charge in [-0.05, 0) is 37.1 Å². The molecule has 1 N–H and O–H groups in total. The Morgan fingerprint density at radius 1 is 1.08 bits per heavy atom. The highest BCUT2D eigenvalue weighted by Gasteiger charge is 2.33. The van der Waals surface area contributed by atoms with Crippen molar-refractivity contribution in [3.63, 3.8) is 0 Å². The standard InChI is InChI=1S/C17H18F3NO4S/c1-12-7-8-14(24-2)13(11-12)9-10-21-26(22,23)16-6-4-3-5-15(16)25-17(18,19)20/h3-8,11,21H,9-10H2,1-2H3.